The molecule has 0 radical (unpaired) electrons. The van der Waals surface area contributed by atoms with Gasteiger partial charge in [-0.1, -0.05) is 6.07 Å². The lowest BCUT2D eigenvalue weighted by molar-refractivity contribution is -0.385. The molecular formula is C14H13N3O5. The highest BCUT2D eigenvalue weighted by atomic mass is 16.6. The number of hydrogen-bond donors (Lipinski definition) is 1. The molecule has 1 aromatic carbocycles. The van der Waals surface area contributed by atoms with Crippen molar-refractivity contribution < 1.29 is 19.2 Å². The number of nitrogens with two attached hydrogens (primary N) is 1. The van der Waals surface area contributed by atoms with Crippen LogP contribution in [-0.2, 0) is 9.53 Å². The van der Waals surface area contributed by atoms with Crippen LogP contribution >= 0.6 is 0 Å². The third-order valence-corrected chi connectivity index (χ3v) is 2.76. The van der Waals surface area contributed by atoms with Crippen molar-refractivity contribution in [1.29, 1.82) is 5.26 Å². The summed E-state index contributed by atoms with van der Waals surface area (Å²) in [7, 11) is 0. The predicted molar refractivity (Wildman–Crippen MR) is 75.6 cm³/mol. The Balaban J connectivity index is 2.86. The number of ether oxygens (including phenoxy) is 1. The quantitative estimate of drug-likeness (QED) is 0.285. The van der Waals surface area contributed by atoms with Crippen molar-refractivity contribution in [2.24, 2.45) is 5.73 Å². The van der Waals surface area contributed by atoms with Gasteiger partial charge in [-0.3, -0.25) is 14.9 Å². The molecule has 0 aliphatic rings. The van der Waals surface area contributed by atoms with E-state index in [4.69, 9.17) is 15.7 Å². The number of allylic oxidation sites excluding steroid dienone is 1. The molecule has 8 heteroatoms. The second kappa shape index (κ2) is 6.99. The molecule has 1 aromatic rings. The zero-order valence-electron chi connectivity index (χ0n) is 12.0. The minimum atomic E-state index is -0.900. The van der Waals surface area contributed by atoms with E-state index in [-0.39, 0.29) is 22.5 Å². The van der Waals surface area contributed by atoms with E-state index in [2.05, 4.69) is 0 Å². The normalized spacial score (nSPS) is 11.1. The van der Waals surface area contributed by atoms with Gasteiger partial charge in [-0.15, -0.1) is 0 Å². The molecule has 0 saturated carbocycles. The van der Waals surface area contributed by atoms with Crippen molar-refractivity contribution in [1.82, 2.24) is 0 Å². The van der Waals surface area contributed by atoms with E-state index >= 15 is 0 Å². The van der Waals surface area contributed by atoms with Crippen molar-refractivity contribution >= 4 is 17.4 Å². The maximum Gasteiger partial charge on any atom is 0.338 e. The number of nitro groups is 1. The summed E-state index contributed by atoms with van der Waals surface area (Å²) >= 11 is 0. The third-order valence-electron chi connectivity index (χ3n) is 2.76. The zero-order valence-corrected chi connectivity index (χ0v) is 12.0. The van der Waals surface area contributed by atoms with Gasteiger partial charge in [-0.25, -0.2) is 4.79 Å². The van der Waals surface area contributed by atoms with E-state index in [9.17, 15) is 19.7 Å². The van der Waals surface area contributed by atoms with Crippen LogP contribution in [0.4, 0.5) is 5.69 Å². The van der Waals surface area contributed by atoms with Crippen LogP contribution in [0.15, 0.2) is 29.5 Å². The first-order chi connectivity index (χ1) is 10.3. The number of hydrogen-bond acceptors (Lipinski definition) is 7. The highest BCUT2D eigenvalue weighted by Gasteiger charge is 2.18. The van der Waals surface area contributed by atoms with Gasteiger partial charge in [0.15, 0.2) is 6.61 Å². The predicted octanol–water partition coefficient (Wildman–Crippen LogP) is 1.39. The van der Waals surface area contributed by atoms with E-state index in [1.165, 1.54) is 26.0 Å². The molecule has 0 unspecified atom stereocenters. The van der Waals surface area contributed by atoms with Crippen LogP contribution in [-0.4, -0.2) is 23.3 Å². The molecule has 114 valence electrons. The van der Waals surface area contributed by atoms with Crippen LogP contribution in [0.3, 0.4) is 0 Å². The molecule has 1 rings (SSSR count). The number of aryl methyl sites for hydroxylation is 1. The third kappa shape index (κ3) is 3.89. The summed E-state index contributed by atoms with van der Waals surface area (Å²) in [5.74, 6) is -1.64. The molecule has 0 aromatic heterocycles. The van der Waals surface area contributed by atoms with Gasteiger partial charge in [-0.2, -0.15) is 5.26 Å². The van der Waals surface area contributed by atoms with E-state index in [1.54, 1.807) is 6.07 Å². The smallest absolute Gasteiger partial charge is 0.338 e. The molecule has 0 aliphatic heterocycles. The van der Waals surface area contributed by atoms with Gasteiger partial charge >= 0.3 is 5.97 Å². The highest BCUT2D eigenvalue weighted by Crippen LogP contribution is 2.19. The van der Waals surface area contributed by atoms with Gasteiger partial charge in [-0.05, 0) is 19.9 Å². The molecule has 0 amide bonds. The Bertz CT molecular complexity index is 712. The van der Waals surface area contributed by atoms with Crippen LogP contribution in [0.5, 0.6) is 0 Å². The summed E-state index contributed by atoms with van der Waals surface area (Å²) in [5, 5.41) is 19.6. The van der Waals surface area contributed by atoms with Crippen LogP contribution in [0, 0.1) is 28.4 Å². The second-order valence-electron chi connectivity index (χ2n) is 4.43. The lowest BCUT2D eigenvalue weighted by Gasteiger charge is -2.05. The van der Waals surface area contributed by atoms with Crippen molar-refractivity contribution in [3.8, 4) is 6.07 Å². The Kier molecular flexibility index (Phi) is 5.35. The van der Waals surface area contributed by atoms with Crippen LogP contribution in [0.2, 0.25) is 0 Å². The number of nitro benzene ring substituents is 1. The Morgan fingerprint density at radius 1 is 1.45 bits per heavy atom. The average Bonchev–Trinajstić information content (AvgIpc) is 2.45. The number of carbonyl (C=O) groups is 2. The maximum atomic E-state index is 11.8. The van der Waals surface area contributed by atoms with Gasteiger partial charge in [0.25, 0.3) is 5.69 Å². The Morgan fingerprint density at radius 3 is 2.59 bits per heavy atom. The largest absolute Gasteiger partial charge is 0.454 e. The lowest BCUT2D eigenvalue weighted by Crippen LogP contribution is -2.17. The molecule has 8 nitrogen and oxygen atoms in total. The van der Waals surface area contributed by atoms with E-state index in [0.717, 1.165) is 6.07 Å². The molecule has 0 bridgehead atoms. The van der Waals surface area contributed by atoms with Gasteiger partial charge in [0.2, 0.25) is 5.78 Å². The first kappa shape index (κ1) is 16.8. The maximum absolute atomic E-state index is 11.8. The van der Waals surface area contributed by atoms with Crippen LogP contribution in [0.25, 0.3) is 0 Å². The first-order valence-corrected chi connectivity index (χ1v) is 6.09. The van der Waals surface area contributed by atoms with E-state index in [1.807, 2.05) is 0 Å². The minimum absolute atomic E-state index is 0.0227. The SMILES string of the molecule is CC(N)=C(C#N)C(=O)COC(=O)c1ccc(C)c([N+](=O)[O-])c1. The van der Waals surface area contributed by atoms with Crippen molar-refractivity contribution in [3.05, 3.63) is 50.7 Å². The molecule has 22 heavy (non-hydrogen) atoms. The zero-order chi connectivity index (χ0) is 16.9. The van der Waals surface area contributed by atoms with Crippen LogP contribution < -0.4 is 5.73 Å². The Hall–Kier alpha value is -3.21. The monoisotopic (exact) mass is 303 g/mol. The van der Waals surface area contributed by atoms with Crippen molar-refractivity contribution in [2.45, 2.75) is 13.8 Å². The Morgan fingerprint density at radius 2 is 2.09 bits per heavy atom. The van der Waals surface area contributed by atoms with Gasteiger partial charge in [0, 0.05) is 17.3 Å². The van der Waals surface area contributed by atoms with E-state index in [0.29, 0.717) is 5.56 Å². The molecule has 0 aliphatic carbocycles. The van der Waals surface area contributed by atoms with Crippen LogP contribution in [0.1, 0.15) is 22.8 Å². The molecular weight excluding hydrogens is 290 g/mol. The highest BCUT2D eigenvalue weighted by molar-refractivity contribution is 6.02. The number of carbonyl (C=O) groups excluding carboxylic acids is 2. The minimum Gasteiger partial charge on any atom is -0.454 e. The molecule has 0 heterocycles. The fraction of sp³-hybridized carbons (Fsp3) is 0.214. The van der Waals surface area contributed by atoms with Gasteiger partial charge in [0.05, 0.1) is 10.5 Å². The summed E-state index contributed by atoms with van der Waals surface area (Å²) in [6.45, 7) is 2.24. The lowest BCUT2D eigenvalue weighted by atomic mass is 10.1. The number of rotatable bonds is 5. The molecule has 0 fully saturated rings. The fourth-order valence-electron chi connectivity index (χ4n) is 1.59. The number of ketones is 1. The topological polar surface area (TPSA) is 136 Å². The number of nitriles is 1. The van der Waals surface area contributed by atoms with Crippen molar-refractivity contribution in [2.75, 3.05) is 6.61 Å². The number of nitrogens with zero attached hydrogens (tertiary/aromatic N) is 2. The van der Waals surface area contributed by atoms with Gasteiger partial charge < -0.3 is 10.5 Å². The summed E-state index contributed by atoms with van der Waals surface area (Å²) in [6.07, 6.45) is 0. The average molecular weight is 303 g/mol. The Labute approximate surface area is 125 Å². The first-order valence-electron chi connectivity index (χ1n) is 6.09. The van der Waals surface area contributed by atoms with E-state index < -0.39 is 23.3 Å². The summed E-state index contributed by atoms with van der Waals surface area (Å²) < 4.78 is 4.75. The number of benzene rings is 1. The number of esters is 1. The summed E-state index contributed by atoms with van der Waals surface area (Å²) in [4.78, 5) is 33.6. The fourth-order valence-corrected chi connectivity index (χ4v) is 1.59. The summed E-state index contributed by atoms with van der Waals surface area (Å²) in [6, 6.07) is 5.44. The molecule has 0 saturated heterocycles. The second-order valence-corrected chi connectivity index (χ2v) is 4.43. The molecule has 0 atom stereocenters. The summed E-state index contributed by atoms with van der Waals surface area (Å²) in [5.41, 5.74) is 5.20. The molecule has 2 N–H and O–H groups in total. The molecule has 0 spiro atoms. The number of Topliss-reactive ketones (excluding diaryl/α,β-unsaturated/α-hetero) is 1. The van der Waals surface area contributed by atoms with Gasteiger partial charge in [0.1, 0.15) is 11.6 Å². The van der Waals surface area contributed by atoms with Crippen molar-refractivity contribution in [3.63, 3.8) is 0 Å². The standard InChI is InChI=1S/C14H13N3O5/c1-8-3-4-10(5-12(8)17(20)21)14(19)22-7-13(18)11(6-15)9(2)16/h3-5H,7,16H2,1-2H3.